The molecule has 0 aliphatic rings. The molecule has 0 unspecified atom stereocenters. The largest absolute Gasteiger partial charge is 0.416 e. The fraction of sp³-hybridized carbons (Fsp3) is 0.316. The molecule has 0 heterocycles. The van der Waals surface area contributed by atoms with E-state index in [-0.39, 0.29) is 16.4 Å². The highest BCUT2D eigenvalue weighted by molar-refractivity contribution is 7.92. The van der Waals surface area contributed by atoms with Crippen LogP contribution in [0.3, 0.4) is 0 Å². The van der Waals surface area contributed by atoms with Crippen molar-refractivity contribution in [3.63, 3.8) is 0 Å². The molecule has 0 spiro atoms. The van der Waals surface area contributed by atoms with Crippen molar-refractivity contribution in [3.05, 3.63) is 58.1 Å². The van der Waals surface area contributed by atoms with Crippen LogP contribution in [0.25, 0.3) is 0 Å². The number of alkyl halides is 3. The molecule has 2 rings (SSSR count). The quantitative estimate of drug-likeness (QED) is 0.716. The zero-order valence-corrected chi connectivity index (χ0v) is 17.7. The fourth-order valence-corrected chi connectivity index (χ4v) is 4.04. The highest BCUT2D eigenvalue weighted by Crippen LogP contribution is 2.34. The average Bonchev–Trinajstić information content (AvgIpc) is 2.57. The lowest BCUT2D eigenvalue weighted by molar-refractivity contribution is -0.137. The van der Waals surface area contributed by atoms with E-state index in [0.29, 0.717) is 6.07 Å². The van der Waals surface area contributed by atoms with Crippen LogP contribution in [0.2, 0.25) is 5.02 Å². The molecule has 0 radical (unpaired) electrons. The van der Waals surface area contributed by atoms with Gasteiger partial charge in [0, 0.05) is 0 Å². The summed E-state index contributed by atoms with van der Waals surface area (Å²) in [6.45, 7) is 5.00. The van der Waals surface area contributed by atoms with Crippen molar-refractivity contribution in [3.8, 4) is 0 Å². The normalized spacial score (nSPS) is 13.1. The van der Waals surface area contributed by atoms with Crippen molar-refractivity contribution in [2.75, 3.05) is 15.9 Å². The highest BCUT2D eigenvalue weighted by atomic mass is 35.5. The molecule has 2 aromatic carbocycles. The molecule has 10 heteroatoms. The molecule has 0 saturated carbocycles. The van der Waals surface area contributed by atoms with Crippen LogP contribution >= 0.6 is 11.6 Å². The Kier molecular flexibility index (Phi) is 6.54. The van der Waals surface area contributed by atoms with E-state index in [4.69, 9.17) is 11.6 Å². The van der Waals surface area contributed by atoms with E-state index < -0.39 is 33.7 Å². The SMILES string of the molecule is Cc1ccc(N([C@H](C)C(=O)Nc2cc(C(F)(F)F)ccc2Cl)S(C)(=O)=O)cc1C. The maximum Gasteiger partial charge on any atom is 0.416 e. The highest BCUT2D eigenvalue weighted by Gasteiger charge is 2.32. The molecule has 0 aliphatic heterocycles. The molecule has 0 fully saturated rings. The summed E-state index contributed by atoms with van der Waals surface area (Å²) in [6.07, 6.45) is -3.67. The van der Waals surface area contributed by atoms with Crippen LogP contribution in [0.1, 0.15) is 23.6 Å². The zero-order chi connectivity index (χ0) is 22.1. The van der Waals surface area contributed by atoms with Gasteiger partial charge < -0.3 is 5.32 Å². The lowest BCUT2D eigenvalue weighted by atomic mass is 10.1. The van der Waals surface area contributed by atoms with Gasteiger partial charge in [-0.1, -0.05) is 17.7 Å². The van der Waals surface area contributed by atoms with Gasteiger partial charge in [-0.3, -0.25) is 9.10 Å². The molecule has 2 aromatic rings. The molecule has 0 aliphatic carbocycles. The van der Waals surface area contributed by atoms with Gasteiger partial charge in [0.2, 0.25) is 15.9 Å². The molecule has 0 bridgehead atoms. The standard InChI is InChI=1S/C19H20ClF3N2O3S/c1-11-5-7-15(9-12(11)2)25(29(4,27)28)13(3)18(26)24-17-10-14(19(21,22)23)6-8-16(17)20/h5-10,13H,1-4H3,(H,24,26)/t13-/m1/s1. The second-order valence-corrected chi connectivity index (χ2v) is 8.95. The molecule has 0 saturated heterocycles. The van der Waals surface area contributed by atoms with Crippen molar-refractivity contribution in [1.82, 2.24) is 0 Å². The van der Waals surface area contributed by atoms with E-state index in [0.717, 1.165) is 33.8 Å². The molecule has 5 nitrogen and oxygen atoms in total. The van der Waals surface area contributed by atoms with Gasteiger partial charge in [0.1, 0.15) is 6.04 Å². The van der Waals surface area contributed by atoms with Crippen LogP contribution in [0.5, 0.6) is 0 Å². The number of carbonyl (C=O) groups is 1. The number of hydrogen-bond donors (Lipinski definition) is 1. The summed E-state index contributed by atoms with van der Waals surface area (Å²) in [5.74, 6) is -0.824. The van der Waals surface area contributed by atoms with Crippen molar-refractivity contribution >= 4 is 38.9 Å². The van der Waals surface area contributed by atoms with Gasteiger partial charge in [-0.15, -0.1) is 0 Å². The third-order valence-electron chi connectivity index (χ3n) is 4.39. The third-order valence-corrected chi connectivity index (χ3v) is 5.96. The summed E-state index contributed by atoms with van der Waals surface area (Å²) in [6, 6.07) is 6.17. The minimum absolute atomic E-state index is 0.101. The van der Waals surface area contributed by atoms with Gasteiger partial charge in [-0.05, 0) is 62.2 Å². The Labute approximate surface area is 172 Å². The molecular formula is C19H20ClF3N2O3S. The Balaban J connectivity index is 2.39. The second-order valence-electron chi connectivity index (χ2n) is 6.68. The van der Waals surface area contributed by atoms with Gasteiger partial charge in [0.05, 0.1) is 28.2 Å². The number of sulfonamides is 1. The van der Waals surface area contributed by atoms with Crippen molar-refractivity contribution < 1.29 is 26.4 Å². The average molecular weight is 449 g/mol. The summed E-state index contributed by atoms with van der Waals surface area (Å²) in [5.41, 5.74) is 0.791. The Morgan fingerprint density at radius 3 is 2.24 bits per heavy atom. The lowest BCUT2D eigenvalue weighted by Crippen LogP contribution is -2.45. The number of hydrogen-bond acceptors (Lipinski definition) is 3. The topological polar surface area (TPSA) is 66.5 Å². The predicted molar refractivity (Wildman–Crippen MR) is 108 cm³/mol. The number of carbonyl (C=O) groups excluding carboxylic acids is 1. The Hall–Kier alpha value is -2.26. The minimum Gasteiger partial charge on any atom is -0.323 e. The Bertz CT molecular complexity index is 1040. The number of nitrogens with zero attached hydrogens (tertiary/aromatic N) is 1. The minimum atomic E-state index is -4.62. The molecule has 1 atom stereocenters. The fourth-order valence-electron chi connectivity index (χ4n) is 2.71. The summed E-state index contributed by atoms with van der Waals surface area (Å²) in [4.78, 5) is 12.7. The number of rotatable bonds is 5. The molecule has 0 aromatic heterocycles. The molecule has 29 heavy (non-hydrogen) atoms. The van der Waals surface area contributed by atoms with Crippen LogP contribution in [-0.2, 0) is 21.0 Å². The van der Waals surface area contributed by atoms with Crippen molar-refractivity contribution in [2.45, 2.75) is 33.0 Å². The zero-order valence-electron chi connectivity index (χ0n) is 16.1. The van der Waals surface area contributed by atoms with Crippen molar-refractivity contribution in [2.24, 2.45) is 0 Å². The second kappa shape index (κ2) is 8.23. The number of amides is 1. The maximum atomic E-state index is 12.9. The monoisotopic (exact) mass is 448 g/mol. The van der Waals surface area contributed by atoms with E-state index in [1.807, 2.05) is 6.92 Å². The summed E-state index contributed by atoms with van der Waals surface area (Å²) in [5, 5.41) is 2.19. The number of halogens is 4. The van der Waals surface area contributed by atoms with E-state index in [2.05, 4.69) is 5.32 Å². The lowest BCUT2D eigenvalue weighted by Gasteiger charge is -2.29. The summed E-state index contributed by atoms with van der Waals surface area (Å²) < 4.78 is 64.4. The van der Waals surface area contributed by atoms with Gasteiger partial charge >= 0.3 is 6.18 Å². The van der Waals surface area contributed by atoms with Crippen LogP contribution in [-0.4, -0.2) is 26.6 Å². The first-order valence-electron chi connectivity index (χ1n) is 8.46. The first-order valence-corrected chi connectivity index (χ1v) is 10.7. The Morgan fingerprint density at radius 1 is 1.10 bits per heavy atom. The van der Waals surface area contributed by atoms with Gasteiger partial charge in [-0.2, -0.15) is 13.2 Å². The number of nitrogens with one attached hydrogen (secondary N) is 1. The van der Waals surface area contributed by atoms with E-state index in [1.165, 1.54) is 6.92 Å². The van der Waals surface area contributed by atoms with Crippen LogP contribution in [0.15, 0.2) is 36.4 Å². The number of anilines is 2. The first-order chi connectivity index (χ1) is 13.2. The van der Waals surface area contributed by atoms with Crippen LogP contribution in [0.4, 0.5) is 24.5 Å². The number of aryl methyl sites for hydroxylation is 2. The molecule has 1 N–H and O–H groups in total. The molecule has 158 valence electrons. The maximum absolute atomic E-state index is 12.9. The van der Waals surface area contributed by atoms with Crippen molar-refractivity contribution in [1.29, 1.82) is 0 Å². The molecule has 1 amide bonds. The smallest absolute Gasteiger partial charge is 0.323 e. The summed E-state index contributed by atoms with van der Waals surface area (Å²) >= 11 is 5.91. The summed E-state index contributed by atoms with van der Waals surface area (Å²) in [7, 11) is -3.87. The number of benzene rings is 2. The Morgan fingerprint density at radius 2 is 1.72 bits per heavy atom. The molecular weight excluding hydrogens is 429 g/mol. The third kappa shape index (κ3) is 5.42. The van der Waals surface area contributed by atoms with Gasteiger partial charge in [-0.25, -0.2) is 8.42 Å². The van der Waals surface area contributed by atoms with Gasteiger partial charge in [0.15, 0.2) is 0 Å². The van der Waals surface area contributed by atoms with Crippen LogP contribution in [0, 0.1) is 13.8 Å². The van der Waals surface area contributed by atoms with Crippen LogP contribution < -0.4 is 9.62 Å². The van der Waals surface area contributed by atoms with E-state index in [1.54, 1.807) is 25.1 Å². The predicted octanol–water partition coefficient (Wildman–Crippen LogP) is 4.77. The van der Waals surface area contributed by atoms with Gasteiger partial charge in [0.25, 0.3) is 0 Å². The van der Waals surface area contributed by atoms with E-state index >= 15 is 0 Å². The first kappa shape index (κ1) is 23.0. The van der Waals surface area contributed by atoms with E-state index in [9.17, 15) is 26.4 Å².